The third kappa shape index (κ3) is 4.23. The van der Waals surface area contributed by atoms with Crippen molar-refractivity contribution in [1.82, 2.24) is 10.2 Å². The number of nitrogens with one attached hydrogen (secondary N) is 1. The van der Waals surface area contributed by atoms with E-state index in [-0.39, 0.29) is 24.2 Å². The van der Waals surface area contributed by atoms with Gasteiger partial charge < -0.3 is 10.2 Å². The lowest BCUT2D eigenvalue weighted by Crippen LogP contribution is -2.38. The molecule has 18 heavy (non-hydrogen) atoms. The summed E-state index contributed by atoms with van der Waals surface area (Å²) in [6, 6.07) is 2.08. The minimum Gasteiger partial charge on any atom is -0.340 e. The molecule has 2 rings (SSSR count). The van der Waals surface area contributed by atoms with E-state index in [9.17, 15) is 4.79 Å². The zero-order valence-corrected chi connectivity index (χ0v) is 13.5. The molecule has 1 amide bonds. The largest absolute Gasteiger partial charge is 0.340 e. The molecule has 1 saturated heterocycles. The van der Waals surface area contributed by atoms with Gasteiger partial charge in [0.1, 0.15) is 0 Å². The summed E-state index contributed by atoms with van der Waals surface area (Å²) in [4.78, 5) is 15.3. The van der Waals surface area contributed by atoms with E-state index in [1.54, 1.807) is 11.3 Å². The second-order valence-corrected chi connectivity index (χ2v) is 6.36. The van der Waals surface area contributed by atoms with Gasteiger partial charge in [-0.1, -0.05) is 0 Å². The molecule has 1 aromatic rings. The average molecular weight is 354 g/mol. The van der Waals surface area contributed by atoms with Gasteiger partial charge in [0.15, 0.2) is 0 Å². The lowest BCUT2D eigenvalue weighted by Gasteiger charge is -2.26. The second kappa shape index (κ2) is 7.48. The predicted octanol–water partition coefficient (Wildman–Crippen LogP) is 2.89. The third-order valence-corrected chi connectivity index (χ3v) is 4.76. The first-order valence-corrected chi connectivity index (χ1v) is 7.52. The van der Waals surface area contributed by atoms with Gasteiger partial charge in [0.05, 0.1) is 6.54 Å². The molecule has 0 atom stereocenters. The maximum absolute atomic E-state index is 12.2. The number of hydrogen-bond acceptors (Lipinski definition) is 3. The highest BCUT2D eigenvalue weighted by Crippen LogP contribution is 2.22. The van der Waals surface area contributed by atoms with Crippen LogP contribution in [0.25, 0.3) is 0 Å². The molecule has 2 heterocycles. The van der Waals surface area contributed by atoms with Crippen molar-refractivity contribution in [3.8, 4) is 0 Å². The highest BCUT2D eigenvalue weighted by molar-refractivity contribution is 9.10. The van der Waals surface area contributed by atoms with Crippen molar-refractivity contribution in [2.75, 3.05) is 20.1 Å². The molecule has 102 valence electrons. The molecule has 0 saturated carbocycles. The fourth-order valence-corrected chi connectivity index (χ4v) is 3.63. The Morgan fingerprint density at radius 1 is 1.56 bits per heavy atom. The zero-order chi connectivity index (χ0) is 12.3. The van der Waals surface area contributed by atoms with E-state index < -0.39 is 0 Å². The van der Waals surface area contributed by atoms with E-state index in [2.05, 4.69) is 32.7 Å². The van der Waals surface area contributed by atoms with E-state index in [0.29, 0.717) is 0 Å². The number of amides is 1. The van der Waals surface area contributed by atoms with Gasteiger partial charge in [-0.05, 0) is 47.9 Å². The van der Waals surface area contributed by atoms with Gasteiger partial charge in [0.2, 0.25) is 5.91 Å². The minimum absolute atomic E-state index is 0. The van der Waals surface area contributed by atoms with Gasteiger partial charge in [0, 0.05) is 27.7 Å². The summed E-state index contributed by atoms with van der Waals surface area (Å²) in [5, 5.41) is 5.34. The van der Waals surface area contributed by atoms with Crippen LogP contribution in [0, 0.1) is 5.92 Å². The normalized spacial score (nSPS) is 16.1. The van der Waals surface area contributed by atoms with Gasteiger partial charge in [-0.15, -0.1) is 23.7 Å². The summed E-state index contributed by atoms with van der Waals surface area (Å²) < 4.78 is 1.10. The molecule has 6 heteroatoms. The van der Waals surface area contributed by atoms with Crippen molar-refractivity contribution in [3.05, 3.63) is 20.8 Å². The maximum atomic E-state index is 12.2. The Balaban J connectivity index is 0.00000162. The van der Waals surface area contributed by atoms with E-state index in [0.717, 1.165) is 36.9 Å². The Morgan fingerprint density at radius 2 is 2.22 bits per heavy atom. The topological polar surface area (TPSA) is 32.3 Å². The Bertz CT molecular complexity index is 393. The van der Waals surface area contributed by atoms with Gasteiger partial charge in [0.25, 0.3) is 0 Å². The van der Waals surface area contributed by atoms with Crippen LogP contribution >= 0.6 is 39.7 Å². The van der Waals surface area contributed by atoms with Crippen molar-refractivity contribution in [3.63, 3.8) is 0 Å². The molecule has 0 bridgehead atoms. The number of carbonyl (C=O) groups is 1. The molecule has 0 aromatic carbocycles. The first-order valence-electron chi connectivity index (χ1n) is 5.85. The summed E-state index contributed by atoms with van der Waals surface area (Å²) in [5.41, 5.74) is 0. The van der Waals surface area contributed by atoms with Crippen molar-refractivity contribution >= 4 is 45.6 Å². The number of hydrogen-bond donors (Lipinski definition) is 1. The highest BCUT2D eigenvalue weighted by Gasteiger charge is 2.23. The standard InChI is InChI=1S/C12H17BrN2OS.ClH/c1-15(7-11-6-10(13)8-17-11)12(16)9-2-4-14-5-3-9;/h6,8-9,14H,2-5,7H2,1H3;1H. The lowest BCUT2D eigenvalue weighted by molar-refractivity contribution is -0.135. The number of carbonyl (C=O) groups excluding carboxylic acids is 1. The number of rotatable bonds is 3. The maximum Gasteiger partial charge on any atom is 0.225 e. The molecule has 0 radical (unpaired) electrons. The van der Waals surface area contributed by atoms with Crippen LogP contribution in [-0.4, -0.2) is 30.9 Å². The molecule has 1 aromatic heterocycles. The number of piperidine rings is 1. The molecule has 1 N–H and O–H groups in total. The Labute approximate surface area is 126 Å². The van der Waals surface area contributed by atoms with Gasteiger partial charge in [-0.3, -0.25) is 4.79 Å². The SMILES string of the molecule is CN(Cc1cc(Br)cs1)C(=O)C1CCNCC1.Cl. The van der Waals surface area contributed by atoms with E-state index >= 15 is 0 Å². The van der Waals surface area contributed by atoms with Crippen molar-refractivity contribution in [2.45, 2.75) is 19.4 Å². The van der Waals surface area contributed by atoms with Crippen molar-refractivity contribution in [1.29, 1.82) is 0 Å². The van der Waals surface area contributed by atoms with Gasteiger partial charge >= 0.3 is 0 Å². The molecular formula is C12H18BrClN2OS. The zero-order valence-electron chi connectivity index (χ0n) is 10.3. The van der Waals surface area contributed by atoms with Crippen LogP contribution in [0.15, 0.2) is 15.9 Å². The highest BCUT2D eigenvalue weighted by atomic mass is 79.9. The summed E-state index contributed by atoms with van der Waals surface area (Å²) >= 11 is 5.12. The quantitative estimate of drug-likeness (QED) is 0.906. The van der Waals surface area contributed by atoms with Crippen LogP contribution in [0.3, 0.4) is 0 Å². The van der Waals surface area contributed by atoms with Crippen LogP contribution in [0.2, 0.25) is 0 Å². The first-order chi connectivity index (χ1) is 8.16. The Hall–Kier alpha value is -0.100. The van der Waals surface area contributed by atoms with Crippen molar-refractivity contribution < 1.29 is 4.79 Å². The number of halogens is 2. The summed E-state index contributed by atoms with van der Waals surface area (Å²) in [7, 11) is 1.90. The van der Waals surface area contributed by atoms with E-state index in [1.165, 1.54) is 4.88 Å². The van der Waals surface area contributed by atoms with Crippen LogP contribution < -0.4 is 5.32 Å². The molecular weight excluding hydrogens is 336 g/mol. The smallest absolute Gasteiger partial charge is 0.225 e. The van der Waals surface area contributed by atoms with Crippen LogP contribution in [0.5, 0.6) is 0 Å². The Kier molecular flexibility index (Phi) is 6.63. The molecule has 0 spiro atoms. The lowest BCUT2D eigenvalue weighted by atomic mass is 9.97. The summed E-state index contributed by atoms with van der Waals surface area (Å²) in [6.45, 7) is 2.66. The fraction of sp³-hybridized carbons (Fsp3) is 0.583. The monoisotopic (exact) mass is 352 g/mol. The molecule has 1 fully saturated rings. The minimum atomic E-state index is 0. The van der Waals surface area contributed by atoms with E-state index in [1.807, 2.05) is 11.9 Å². The fourth-order valence-electron chi connectivity index (χ4n) is 2.13. The number of thiophene rings is 1. The van der Waals surface area contributed by atoms with Crippen molar-refractivity contribution in [2.24, 2.45) is 5.92 Å². The van der Waals surface area contributed by atoms with Gasteiger partial charge in [-0.2, -0.15) is 0 Å². The molecule has 0 aliphatic carbocycles. The van der Waals surface area contributed by atoms with Crippen LogP contribution in [0.1, 0.15) is 17.7 Å². The Morgan fingerprint density at radius 3 is 2.78 bits per heavy atom. The first kappa shape index (κ1) is 16.0. The third-order valence-electron chi connectivity index (χ3n) is 3.08. The van der Waals surface area contributed by atoms with Crippen LogP contribution in [-0.2, 0) is 11.3 Å². The second-order valence-electron chi connectivity index (χ2n) is 4.45. The molecule has 0 unspecified atom stereocenters. The average Bonchev–Trinajstić information content (AvgIpc) is 2.75. The van der Waals surface area contributed by atoms with Gasteiger partial charge in [-0.25, -0.2) is 0 Å². The summed E-state index contributed by atoms with van der Waals surface area (Å²) in [5.74, 6) is 0.501. The number of nitrogens with zero attached hydrogens (tertiary/aromatic N) is 1. The summed E-state index contributed by atoms with van der Waals surface area (Å²) in [6.07, 6.45) is 1.94. The van der Waals surface area contributed by atoms with Crippen LogP contribution in [0.4, 0.5) is 0 Å². The predicted molar refractivity (Wildman–Crippen MR) is 81.3 cm³/mol. The molecule has 1 aliphatic rings. The van der Waals surface area contributed by atoms with E-state index in [4.69, 9.17) is 0 Å². The molecule has 1 aliphatic heterocycles. The molecule has 3 nitrogen and oxygen atoms in total.